The molecule has 0 bridgehead atoms. The summed E-state index contributed by atoms with van der Waals surface area (Å²) in [6.07, 6.45) is 3.44. The van der Waals surface area contributed by atoms with Crippen LogP contribution in [0.2, 0.25) is 0 Å². The Hall–Kier alpha value is -3.16. The van der Waals surface area contributed by atoms with Crippen LogP contribution < -0.4 is 10.2 Å². The summed E-state index contributed by atoms with van der Waals surface area (Å²) in [5.74, 6) is 0.392. The molecule has 0 unspecified atom stereocenters. The number of hydrogen-bond acceptors (Lipinski definition) is 7. The number of ether oxygens (including phenoxy) is 1. The number of hydrogen-bond donors (Lipinski definition) is 1. The number of nitrogens with zero attached hydrogens (tertiary/aromatic N) is 4. The number of aromatic nitrogens is 2. The maximum Gasteiger partial charge on any atom is 0.338 e. The van der Waals surface area contributed by atoms with Crippen molar-refractivity contribution < 1.29 is 14.3 Å². The van der Waals surface area contributed by atoms with Crippen LogP contribution in [-0.2, 0) is 9.53 Å². The minimum atomic E-state index is -0.347. The van der Waals surface area contributed by atoms with Crippen molar-refractivity contribution in [3.05, 3.63) is 48.3 Å². The summed E-state index contributed by atoms with van der Waals surface area (Å²) in [6, 6.07) is 8.69. The van der Waals surface area contributed by atoms with Crippen molar-refractivity contribution in [3.8, 4) is 0 Å². The van der Waals surface area contributed by atoms with Gasteiger partial charge in [-0.05, 0) is 37.3 Å². The third-order valence-corrected chi connectivity index (χ3v) is 4.31. The van der Waals surface area contributed by atoms with Gasteiger partial charge in [-0.3, -0.25) is 4.79 Å². The highest BCUT2D eigenvalue weighted by atomic mass is 16.5. The summed E-state index contributed by atoms with van der Waals surface area (Å²) in [5.41, 5.74) is 1.28. The number of rotatable bonds is 6. The second-order valence-electron chi connectivity index (χ2n) is 6.07. The zero-order valence-electron chi connectivity index (χ0n) is 15.3. The van der Waals surface area contributed by atoms with E-state index in [2.05, 4.69) is 20.2 Å². The van der Waals surface area contributed by atoms with Gasteiger partial charge in [0.1, 0.15) is 0 Å². The van der Waals surface area contributed by atoms with Crippen molar-refractivity contribution >= 4 is 23.5 Å². The van der Waals surface area contributed by atoms with E-state index >= 15 is 0 Å². The lowest BCUT2D eigenvalue weighted by Crippen LogP contribution is -2.50. The Morgan fingerprint density at radius 2 is 1.74 bits per heavy atom. The average molecular weight is 369 g/mol. The Morgan fingerprint density at radius 1 is 1.07 bits per heavy atom. The molecule has 0 radical (unpaired) electrons. The van der Waals surface area contributed by atoms with E-state index in [0.717, 1.165) is 5.69 Å². The van der Waals surface area contributed by atoms with Gasteiger partial charge < -0.3 is 19.9 Å². The van der Waals surface area contributed by atoms with E-state index in [-0.39, 0.29) is 18.4 Å². The second-order valence-corrected chi connectivity index (χ2v) is 6.07. The molecule has 0 atom stereocenters. The molecule has 142 valence electrons. The Kier molecular flexibility index (Phi) is 6.19. The van der Waals surface area contributed by atoms with Crippen LogP contribution in [0.5, 0.6) is 0 Å². The van der Waals surface area contributed by atoms with Gasteiger partial charge in [-0.2, -0.15) is 0 Å². The summed E-state index contributed by atoms with van der Waals surface area (Å²) in [4.78, 5) is 36.5. The lowest BCUT2D eigenvalue weighted by molar-refractivity contribution is -0.129. The van der Waals surface area contributed by atoms with Gasteiger partial charge in [0.05, 0.1) is 18.7 Å². The molecule has 1 aliphatic heterocycles. The number of carbonyl (C=O) groups excluding carboxylic acids is 2. The van der Waals surface area contributed by atoms with Crippen molar-refractivity contribution in [1.29, 1.82) is 0 Å². The van der Waals surface area contributed by atoms with Crippen LogP contribution in [0.4, 0.5) is 11.6 Å². The smallest absolute Gasteiger partial charge is 0.338 e. The van der Waals surface area contributed by atoms with Gasteiger partial charge in [0, 0.05) is 44.3 Å². The van der Waals surface area contributed by atoms with Crippen LogP contribution in [0.1, 0.15) is 17.3 Å². The van der Waals surface area contributed by atoms with E-state index in [9.17, 15) is 9.59 Å². The van der Waals surface area contributed by atoms with Crippen LogP contribution in [-0.4, -0.2) is 66.1 Å². The van der Waals surface area contributed by atoms with Crippen molar-refractivity contribution in [2.45, 2.75) is 6.92 Å². The average Bonchev–Trinajstić information content (AvgIpc) is 2.73. The Morgan fingerprint density at radius 3 is 2.37 bits per heavy atom. The predicted octanol–water partition coefficient (Wildman–Crippen LogP) is 1.41. The topological polar surface area (TPSA) is 87.7 Å². The third kappa shape index (κ3) is 4.93. The van der Waals surface area contributed by atoms with Crippen LogP contribution >= 0.6 is 0 Å². The molecule has 1 aromatic heterocycles. The maximum atomic E-state index is 12.4. The monoisotopic (exact) mass is 369 g/mol. The van der Waals surface area contributed by atoms with Crippen molar-refractivity contribution in [1.82, 2.24) is 14.9 Å². The van der Waals surface area contributed by atoms with Crippen LogP contribution in [0.3, 0.4) is 0 Å². The van der Waals surface area contributed by atoms with Crippen LogP contribution in [0, 0.1) is 0 Å². The number of esters is 1. The number of amides is 1. The van der Waals surface area contributed by atoms with E-state index in [1.165, 1.54) is 0 Å². The van der Waals surface area contributed by atoms with Crippen molar-refractivity contribution in [3.63, 3.8) is 0 Å². The van der Waals surface area contributed by atoms with E-state index < -0.39 is 0 Å². The largest absolute Gasteiger partial charge is 0.462 e. The number of anilines is 2. The first-order chi connectivity index (χ1) is 13.2. The summed E-state index contributed by atoms with van der Waals surface area (Å²) in [5, 5.41) is 3.10. The van der Waals surface area contributed by atoms with Gasteiger partial charge >= 0.3 is 5.97 Å². The fourth-order valence-corrected chi connectivity index (χ4v) is 2.84. The number of nitrogens with one attached hydrogen (secondary N) is 1. The molecule has 1 saturated heterocycles. The summed E-state index contributed by atoms with van der Waals surface area (Å²) >= 11 is 0. The minimum absolute atomic E-state index is 0.0399. The highest BCUT2D eigenvalue weighted by Gasteiger charge is 2.22. The quantitative estimate of drug-likeness (QED) is 0.771. The molecule has 1 fully saturated rings. The van der Waals surface area contributed by atoms with E-state index in [1.54, 1.807) is 49.6 Å². The van der Waals surface area contributed by atoms with Crippen LogP contribution in [0.15, 0.2) is 42.7 Å². The second kappa shape index (κ2) is 8.98. The fraction of sp³-hybridized carbons (Fsp3) is 0.368. The molecule has 1 aliphatic rings. The van der Waals surface area contributed by atoms with Gasteiger partial charge in [-0.25, -0.2) is 14.8 Å². The lowest BCUT2D eigenvalue weighted by Gasteiger charge is -2.34. The molecule has 27 heavy (non-hydrogen) atoms. The van der Waals surface area contributed by atoms with Crippen molar-refractivity contribution in [2.24, 2.45) is 0 Å². The highest BCUT2D eigenvalue weighted by Crippen LogP contribution is 2.12. The first-order valence-corrected chi connectivity index (χ1v) is 8.98. The number of benzene rings is 1. The minimum Gasteiger partial charge on any atom is -0.462 e. The molecule has 0 saturated carbocycles. The fourth-order valence-electron chi connectivity index (χ4n) is 2.84. The third-order valence-electron chi connectivity index (χ3n) is 4.31. The van der Waals surface area contributed by atoms with Crippen molar-refractivity contribution in [2.75, 3.05) is 49.5 Å². The molecule has 3 rings (SSSR count). The molecule has 1 N–H and O–H groups in total. The Balaban J connectivity index is 1.45. The van der Waals surface area contributed by atoms with Gasteiger partial charge in [0.15, 0.2) is 0 Å². The SMILES string of the molecule is CCOC(=O)c1ccc(NCC(=O)N2CCN(c3ncccn3)CC2)cc1. The molecule has 0 spiro atoms. The normalized spacial score (nSPS) is 14.0. The first kappa shape index (κ1) is 18.6. The molecular weight excluding hydrogens is 346 g/mol. The number of carbonyl (C=O) groups is 2. The first-order valence-electron chi connectivity index (χ1n) is 8.98. The standard InChI is InChI=1S/C19H23N5O3/c1-2-27-18(26)15-4-6-16(7-5-15)22-14-17(25)23-10-12-24(13-11-23)19-20-8-3-9-21-19/h3-9,22H,2,10-14H2,1H3. The predicted molar refractivity (Wildman–Crippen MR) is 102 cm³/mol. The molecule has 8 nitrogen and oxygen atoms in total. The van der Waals surface area contributed by atoms with E-state index in [1.807, 2.05) is 4.90 Å². The lowest BCUT2D eigenvalue weighted by atomic mass is 10.2. The molecule has 1 amide bonds. The zero-order valence-corrected chi connectivity index (χ0v) is 15.3. The van der Waals surface area contributed by atoms with E-state index in [0.29, 0.717) is 44.3 Å². The molecular formula is C19H23N5O3. The zero-order chi connectivity index (χ0) is 19.1. The Bertz CT molecular complexity index is 759. The van der Waals surface area contributed by atoms with Crippen LogP contribution in [0.25, 0.3) is 0 Å². The Labute approximate surface area is 158 Å². The highest BCUT2D eigenvalue weighted by molar-refractivity contribution is 5.90. The van der Waals surface area contributed by atoms with Gasteiger partial charge in [-0.1, -0.05) is 0 Å². The summed E-state index contributed by atoms with van der Waals surface area (Å²) < 4.78 is 4.95. The summed E-state index contributed by atoms with van der Waals surface area (Å²) in [6.45, 7) is 5.03. The molecule has 8 heteroatoms. The van der Waals surface area contributed by atoms with Gasteiger partial charge in [0.25, 0.3) is 0 Å². The van der Waals surface area contributed by atoms with E-state index in [4.69, 9.17) is 4.74 Å². The van der Waals surface area contributed by atoms with Gasteiger partial charge in [0.2, 0.25) is 11.9 Å². The summed E-state index contributed by atoms with van der Waals surface area (Å²) in [7, 11) is 0. The molecule has 1 aromatic carbocycles. The molecule has 0 aliphatic carbocycles. The molecule has 2 heterocycles. The number of piperazine rings is 1. The van der Waals surface area contributed by atoms with Gasteiger partial charge in [-0.15, -0.1) is 0 Å². The maximum absolute atomic E-state index is 12.4. The molecule has 2 aromatic rings.